The number of nitrogens with zero attached hydrogens (tertiary/aromatic N) is 2. The second-order valence-electron chi connectivity index (χ2n) is 5.07. The lowest BCUT2D eigenvalue weighted by molar-refractivity contribution is 0.251. The van der Waals surface area contributed by atoms with Crippen LogP contribution in [0.4, 0.5) is 10.6 Å². The number of aliphatic hydroxyl groups excluding tert-OH is 1. The number of aryl methyl sites for hydroxylation is 1. The van der Waals surface area contributed by atoms with Crippen molar-refractivity contribution in [3.63, 3.8) is 0 Å². The van der Waals surface area contributed by atoms with E-state index in [1.165, 1.54) is 0 Å². The summed E-state index contributed by atoms with van der Waals surface area (Å²) >= 11 is 0. The maximum Gasteiger partial charge on any atom is 0.320 e. The highest BCUT2D eigenvalue weighted by Gasteiger charge is 2.09. The monoisotopic (exact) mass is 302 g/mol. The molecule has 6 heteroatoms. The van der Waals surface area contributed by atoms with Gasteiger partial charge in [-0.2, -0.15) is 5.10 Å². The van der Waals surface area contributed by atoms with E-state index in [-0.39, 0.29) is 12.6 Å². The summed E-state index contributed by atoms with van der Waals surface area (Å²) in [7, 11) is 1.85. The number of aromatic nitrogens is 2. The fraction of sp³-hybridized carbons (Fsp3) is 0.375. The number of hydrogen-bond acceptors (Lipinski definition) is 3. The number of aliphatic hydroxyl groups is 1. The maximum absolute atomic E-state index is 11.8. The molecule has 3 N–H and O–H groups in total. The van der Waals surface area contributed by atoms with Crippen molar-refractivity contribution in [2.24, 2.45) is 7.05 Å². The van der Waals surface area contributed by atoms with Gasteiger partial charge in [0.15, 0.2) is 5.82 Å². The smallest absolute Gasteiger partial charge is 0.320 e. The molecule has 1 aromatic carbocycles. The molecule has 0 fully saturated rings. The van der Waals surface area contributed by atoms with Crippen LogP contribution in [0.3, 0.4) is 0 Å². The van der Waals surface area contributed by atoms with E-state index in [2.05, 4.69) is 15.7 Å². The molecule has 1 aromatic heterocycles. The fourth-order valence-corrected chi connectivity index (χ4v) is 2.18. The van der Waals surface area contributed by atoms with Crippen molar-refractivity contribution in [3.05, 3.63) is 36.4 Å². The molecule has 0 radical (unpaired) electrons. The topological polar surface area (TPSA) is 79.2 Å². The highest BCUT2D eigenvalue weighted by molar-refractivity contribution is 5.88. The minimum absolute atomic E-state index is 0.197. The van der Waals surface area contributed by atoms with Gasteiger partial charge in [-0.15, -0.1) is 0 Å². The minimum Gasteiger partial charge on any atom is -0.396 e. The molecule has 6 nitrogen and oxygen atoms in total. The lowest BCUT2D eigenvalue weighted by atomic mass is 10.1. The first-order valence-corrected chi connectivity index (χ1v) is 7.46. The summed E-state index contributed by atoms with van der Waals surface area (Å²) < 4.78 is 1.74. The number of hydrogen-bond donors (Lipinski definition) is 3. The van der Waals surface area contributed by atoms with Crippen LogP contribution in [0.1, 0.15) is 19.3 Å². The molecule has 2 amide bonds. The van der Waals surface area contributed by atoms with Gasteiger partial charge in [-0.1, -0.05) is 30.3 Å². The van der Waals surface area contributed by atoms with E-state index < -0.39 is 0 Å². The molecule has 1 heterocycles. The molecule has 0 saturated heterocycles. The summed E-state index contributed by atoms with van der Waals surface area (Å²) in [6.07, 6.45) is 2.52. The Balaban J connectivity index is 1.87. The molecule has 0 bridgehead atoms. The van der Waals surface area contributed by atoms with Gasteiger partial charge in [0.05, 0.1) is 5.69 Å². The highest BCUT2D eigenvalue weighted by atomic mass is 16.2. The van der Waals surface area contributed by atoms with E-state index in [4.69, 9.17) is 5.11 Å². The summed E-state index contributed by atoms with van der Waals surface area (Å²) in [6.45, 7) is 0.784. The zero-order chi connectivity index (χ0) is 15.8. The average Bonchev–Trinajstić information content (AvgIpc) is 2.88. The number of urea groups is 1. The molecule has 0 unspecified atom stereocenters. The van der Waals surface area contributed by atoms with Crippen LogP contribution in [-0.2, 0) is 7.05 Å². The first-order valence-electron chi connectivity index (χ1n) is 7.46. The number of anilines is 1. The molecule has 0 aliphatic carbocycles. The highest BCUT2D eigenvalue weighted by Crippen LogP contribution is 2.21. The minimum atomic E-state index is -0.262. The number of amides is 2. The fourth-order valence-electron chi connectivity index (χ4n) is 2.18. The summed E-state index contributed by atoms with van der Waals surface area (Å²) in [5, 5.41) is 18.5. The Morgan fingerprint density at radius 2 is 2.00 bits per heavy atom. The Hall–Kier alpha value is -2.34. The summed E-state index contributed by atoms with van der Waals surface area (Å²) in [6, 6.07) is 11.5. The second kappa shape index (κ2) is 8.19. The zero-order valence-corrected chi connectivity index (χ0v) is 12.7. The number of carbonyl (C=O) groups excluding carboxylic acids is 1. The van der Waals surface area contributed by atoms with Gasteiger partial charge in [-0.05, 0) is 24.8 Å². The molecule has 0 spiro atoms. The van der Waals surface area contributed by atoms with E-state index >= 15 is 0 Å². The molecule has 0 saturated carbocycles. The van der Waals surface area contributed by atoms with Crippen molar-refractivity contribution in [2.45, 2.75) is 19.3 Å². The first-order chi connectivity index (χ1) is 10.7. The second-order valence-corrected chi connectivity index (χ2v) is 5.07. The zero-order valence-electron chi connectivity index (χ0n) is 12.7. The standard InChI is InChI=1S/C16H22N4O2/c1-20-14(13-8-4-2-5-9-13)12-15(19-20)18-16(22)17-10-6-3-7-11-21/h2,4-5,8-9,12,21H,3,6-7,10-11H2,1H3,(H2,17,18,19,22). The van der Waals surface area contributed by atoms with E-state index in [1.54, 1.807) is 4.68 Å². The molecular weight excluding hydrogens is 280 g/mol. The lowest BCUT2D eigenvalue weighted by Crippen LogP contribution is -2.29. The molecule has 22 heavy (non-hydrogen) atoms. The molecular formula is C16H22N4O2. The normalized spacial score (nSPS) is 10.5. The van der Waals surface area contributed by atoms with Crippen molar-refractivity contribution in [1.82, 2.24) is 15.1 Å². The third kappa shape index (κ3) is 4.60. The summed E-state index contributed by atoms with van der Waals surface area (Å²) in [5.41, 5.74) is 1.99. The molecule has 0 atom stereocenters. The number of nitrogens with one attached hydrogen (secondary N) is 2. The number of unbranched alkanes of at least 4 members (excludes halogenated alkanes) is 2. The van der Waals surface area contributed by atoms with Gasteiger partial charge in [-0.25, -0.2) is 4.79 Å². The van der Waals surface area contributed by atoms with Crippen LogP contribution >= 0.6 is 0 Å². The number of carbonyl (C=O) groups is 1. The number of rotatable bonds is 7. The van der Waals surface area contributed by atoms with E-state index in [0.717, 1.165) is 30.5 Å². The molecule has 2 rings (SSSR count). The molecule has 2 aromatic rings. The van der Waals surface area contributed by atoms with Gasteiger partial charge in [0.2, 0.25) is 0 Å². The third-order valence-electron chi connectivity index (χ3n) is 3.31. The Labute approximate surface area is 130 Å². The van der Waals surface area contributed by atoms with Crippen LogP contribution in [0.5, 0.6) is 0 Å². The van der Waals surface area contributed by atoms with Crippen LogP contribution in [0.2, 0.25) is 0 Å². The van der Waals surface area contributed by atoms with Gasteiger partial charge in [0.1, 0.15) is 0 Å². The van der Waals surface area contributed by atoms with Crippen molar-refractivity contribution in [2.75, 3.05) is 18.5 Å². The van der Waals surface area contributed by atoms with Crippen LogP contribution in [0.25, 0.3) is 11.3 Å². The van der Waals surface area contributed by atoms with Gasteiger partial charge < -0.3 is 10.4 Å². The van der Waals surface area contributed by atoms with Gasteiger partial charge in [0, 0.05) is 26.3 Å². The molecule has 0 aliphatic rings. The molecule has 0 aliphatic heterocycles. The van der Waals surface area contributed by atoms with Crippen molar-refractivity contribution < 1.29 is 9.90 Å². The van der Waals surface area contributed by atoms with Crippen molar-refractivity contribution in [1.29, 1.82) is 0 Å². The third-order valence-corrected chi connectivity index (χ3v) is 3.31. The van der Waals surface area contributed by atoms with Gasteiger partial charge in [0.25, 0.3) is 0 Å². The predicted octanol–water partition coefficient (Wildman–Crippen LogP) is 2.37. The maximum atomic E-state index is 11.8. The van der Waals surface area contributed by atoms with Gasteiger partial charge >= 0.3 is 6.03 Å². The van der Waals surface area contributed by atoms with Crippen molar-refractivity contribution in [3.8, 4) is 11.3 Å². The van der Waals surface area contributed by atoms with E-state index in [0.29, 0.717) is 12.4 Å². The Morgan fingerprint density at radius 1 is 1.23 bits per heavy atom. The van der Waals surface area contributed by atoms with Gasteiger partial charge in [-0.3, -0.25) is 10.00 Å². The van der Waals surface area contributed by atoms with Crippen LogP contribution < -0.4 is 10.6 Å². The van der Waals surface area contributed by atoms with E-state index in [9.17, 15) is 4.79 Å². The van der Waals surface area contributed by atoms with Crippen LogP contribution in [0.15, 0.2) is 36.4 Å². The Morgan fingerprint density at radius 3 is 2.73 bits per heavy atom. The largest absolute Gasteiger partial charge is 0.396 e. The van der Waals surface area contributed by atoms with Crippen molar-refractivity contribution >= 4 is 11.8 Å². The van der Waals surface area contributed by atoms with Crippen LogP contribution in [-0.4, -0.2) is 34.1 Å². The summed E-state index contributed by atoms with van der Waals surface area (Å²) in [5.74, 6) is 0.522. The first kappa shape index (κ1) is 16.0. The summed E-state index contributed by atoms with van der Waals surface area (Å²) in [4.78, 5) is 11.8. The van der Waals surface area contributed by atoms with Crippen LogP contribution in [0, 0.1) is 0 Å². The lowest BCUT2D eigenvalue weighted by Gasteiger charge is -2.04. The van der Waals surface area contributed by atoms with E-state index in [1.807, 2.05) is 43.4 Å². The SMILES string of the molecule is Cn1nc(NC(=O)NCCCCCO)cc1-c1ccccc1. The molecule has 118 valence electrons. The Kier molecular flexibility index (Phi) is 5.97. The predicted molar refractivity (Wildman–Crippen MR) is 86.6 cm³/mol. The number of benzene rings is 1. The Bertz CT molecular complexity index is 595. The average molecular weight is 302 g/mol. The quantitative estimate of drug-likeness (QED) is 0.687.